The summed E-state index contributed by atoms with van der Waals surface area (Å²) in [6, 6.07) is -1.79. The molecule has 2 nitrogen and oxygen atoms in total. The molecular formula is C9H17Cl3O2Si. The third-order valence-corrected chi connectivity index (χ3v) is 5.11. The molecule has 1 rings (SSSR count). The normalized spacial score (nSPS) is 23.6. The van der Waals surface area contributed by atoms with Crippen LogP contribution in [0.5, 0.6) is 0 Å². The van der Waals surface area contributed by atoms with Crippen LogP contribution in [0.2, 0.25) is 6.04 Å². The first kappa shape index (κ1) is 14.1. The molecule has 1 heterocycles. The van der Waals surface area contributed by atoms with E-state index < -0.39 is 6.00 Å². The van der Waals surface area contributed by atoms with Crippen molar-refractivity contribution in [2.45, 2.75) is 44.4 Å². The maximum Gasteiger partial charge on any atom is 0.341 e. The van der Waals surface area contributed by atoms with E-state index in [1.165, 1.54) is 0 Å². The molecule has 90 valence electrons. The monoisotopic (exact) mass is 290 g/mol. The molecule has 0 aromatic carbocycles. The SMILES string of the molecule is CCC(OCCC[Si](Cl)(Cl)Cl)C1CCO1. The Balaban J connectivity index is 2.07. The molecule has 0 aromatic heterocycles. The fourth-order valence-electron chi connectivity index (χ4n) is 1.54. The van der Waals surface area contributed by atoms with Crippen molar-refractivity contribution in [3.05, 3.63) is 0 Å². The van der Waals surface area contributed by atoms with Crippen LogP contribution >= 0.6 is 33.2 Å². The fraction of sp³-hybridized carbons (Fsp3) is 1.00. The number of rotatable bonds is 7. The van der Waals surface area contributed by atoms with E-state index in [2.05, 4.69) is 6.92 Å². The van der Waals surface area contributed by atoms with Crippen molar-refractivity contribution in [1.29, 1.82) is 0 Å². The zero-order chi connectivity index (χ0) is 11.3. The van der Waals surface area contributed by atoms with Gasteiger partial charge in [-0.3, -0.25) is 0 Å². The highest BCUT2D eigenvalue weighted by Gasteiger charge is 2.28. The van der Waals surface area contributed by atoms with Gasteiger partial charge in [-0.25, -0.2) is 0 Å². The Kier molecular flexibility index (Phi) is 6.26. The van der Waals surface area contributed by atoms with Crippen LogP contribution in [0.3, 0.4) is 0 Å². The van der Waals surface area contributed by atoms with Crippen LogP contribution in [0.25, 0.3) is 0 Å². The van der Waals surface area contributed by atoms with Crippen LogP contribution in [0.1, 0.15) is 26.2 Å². The second kappa shape index (κ2) is 6.67. The van der Waals surface area contributed by atoms with E-state index in [-0.39, 0.29) is 6.10 Å². The van der Waals surface area contributed by atoms with Gasteiger partial charge >= 0.3 is 6.00 Å². The summed E-state index contributed by atoms with van der Waals surface area (Å²) in [6.45, 7) is 3.64. The van der Waals surface area contributed by atoms with E-state index in [0.29, 0.717) is 18.8 Å². The zero-order valence-corrected chi connectivity index (χ0v) is 12.1. The molecule has 1 aliphatic heterocycles. The second-order valence-corrected chi connectivity index (χ2v) is 13.0. The average molecular weight is 292 g/mol. The summed E-state index contributed by atoms with van der Waals surface area (Å²) < 4.78 is 11.1. The van der Waals surface area contributed by atoms with Gasteiger partial charge in [0.25, 0.3) is 0 Å². The van der Waals surface area contributed by atoms with E-state index in [1.807, 2.05) is 0 Å². The van der Waals surface area contributed by atoms with E-state index in [0.717, 1.165) is 25.9 Å². The van der Waals surface area contributed by atoms with Gasteiger partial charge in [-0.15, -0.1) is 33.2 Å². The van der Waals surface area contributed by atoms with Gasteiger partial charge in [-0.2, -0.15) is 0 Å². The molecule has 1 saturated heterocycles. The predicted molar refractivity (Wildman–Crippen MR) is 67.1 cm³/mol. The molecule has 2 unspecified atom stereocenters. The van der Waals surface area contributed by atoms with Crippen molar-refractivity contribution in [2.75, 3.05) is 13.2 Å². The largest absolute Gasteiger partial charge is 0.376 e. The fourth-order valence-corrected chi connectivity index (χ4v) is 3.29. The van der Waals surface area contributed by atoms with Crippen molar-refractivity contribution in [1.82, 2.24) is 0 Å². The van der Waals surface area contributed by atoms with Crippen molar-refractivity contribution >= 4 is 39.2 Å². The lowest BCUT2D eigenvalue weighted by atomic mass is 10.1. The third-order valence-electron chi connectivity index (χ3n) is 2.49. The highest BCUT2D eigenvalue weighted by atomic mass is 35.8. The van der Waals surface area contributed by atoms with E-state index in [1.54, 1.807) is 0 Å². The van der Waals surface area contributed by atoms with Crippen molar-refractivity contribution < 1.29 is 9.47 Å². The van der Waals surface area contributed by atoms with Crippen LogP contribution in [-0.2, 0) is 9.47 Å². The molecular weight excluding hydrogens is 275 g/mol. The smallest absolute Gasteiger partial charge is 0.341 e. The molecule has 6 heteroatoms. The third kappa shape index (κ3) is 5.75. The van der Waals surface area contributed by atoms with Gasteiger partial charge in [0.1, 0.15) is 0 Å². The minimum absolute atomic E-state index is 0.218. The zero-order valence-electron chi connectivity index (χ0n) is 8.85. The summed E-state index contributed by atoms with van der Waals surface area (Å²) in [5, 5.41) is 0. The highest BCUT2D eigenvalue weighted by Crippen LogP contribution is 2.27. The predicted octanol–water partition coefficient (Wildman–Crippen LogP) is 3.62. The minimum atomic E-state index is -2.46. The van der Waals surface area contributed by atoms with Gasteiger partial charge in [-0.05, 0) is 25.3 Å². The van der Waals surface area contributed by atoms with Crippen LogP contribution < -0.4 is 0 Å². The Morgan fingerprint density at radius 2 is 2.13 bits per heavy atom. The summed E-state index contributed by atoms with van der Waals surface area (Å²) in [5.74, 6) is 0. The van der Waals surface area contributed by atoms with Gasteiger partial charge in [0.05, 0.1) is 12.2 Å². The van der Waals surface area contributed by atoms with Gasteiger partial charge in [0.2, 0.25) is 0 Å². The van der Waals surface area contributed by atoms with Gasteiger partial charge in [0, 0.05) is 13.2 Å². The van der Waals surface area contributed by atoms with E-state index in [4.69, 9.17) is 42.7 Å². The van der Waals surface area contributed by atoms with Crippen LogP contribution in [0, 0.1) is 0 Å². The molecule has 1 fully saturated rings. The lowest BCUT2D eigenvalue weighted by Crippen LogP contribution is -2.39. The lowest BCUT2D eigenvalue weighted by molar-refractivity contribution is -0.138. The minimum Gasteiger partial charge on any atom is -0.376 e. The molecule has 0 bridgehead atoms. The summed E-state index contributed by atoms with van der Waals surface area (Å²) in [7, 11) is 0. The topological polar surface area (TPSA) is 18.5 Å². The molecule has 1 aliphatic rings. The quantitative estimate of drug-likeness (QED) is 0.405. The Bertz CT molecular complexity index is 183. The summed E-state index contributed by atoms with van der Waals surface area (Å²) in [4.78, 5) is 0. The summed E-state index contributed by atoms with van der Waals surface area (Å²) in [5.41, 5.74) is 0. The van der Waals surface area contributed by atoms with E-state index in [9.17, 15) is 0 Å². The Hall–Kier alpha value is 1.01. The Morgan fingerprint density at radius 1 is 1.47 bits per heavy atom. The molecule has 0 radical (unpaired) electrons. The highest BCUT2D eigenvalue weighted by molar-refractivity contribution is 7.64. The molecule has 0 spiro atoms. The van der Waals surface area contributed by atoms with Gasteiger partial charge in [-0.1, -0.05) is 6.92 Å². The molecule has 0 N–H and O–H groups in total. The lowest BCUT2D eigenvalue weighted by Gasteiger charge is -2.33. The number of halogens is 3. The first-order chi connectivity index (χ1) is 7.03. The van der Waals surface area contributed by atoms with Crippen LogP contribution in [0.4, 0.5) is 0 Å². The maximum absolute atomic E-state index is 5.77. The number of hydrogen-bond donors (Lipinski definition) is 0. The Labute approximate surface area is 106 Å². The number of ether oxygens (including phenoxy) is 2. The number of hydrogen-bond acceptors (Lipinski definition) is 2. The molecule has 0 aromatic rings. The summed E-state index contributed by atoms with van der Waals surface area (Å²) in [6.07, 6.45) is 3.43. The second-order valence-electron chi connectivity index (χ2n) is 3.73. The molecule has 0 aliphatic carbocycles. The summed E-state index contributed by atoms with van der Waals surface area (Å²) >= 11 is 17.3. The standard InChI is InChI=1S/C9H17Cl3O2Si/c1-2-8(9-4-6-14-9)13-5-3-7-15(10,11)12/h8-9H,2-7H2,1H3. The molecule has 2 atom stereocenters. The van der Waals surface area contributed by atoms with E-state index >= 15 is 0 Å². The van der Waals surface area contributed by atoms with Gasteiger partial charge in [0.15, 0.2) is 0 Å². The van der Waals surface area contributed by atoms with Crippen LogP contribution in [-0.4, -0.2) is 31.4 Å². The van der Waals surface area contributed by atoms with Crippen molar-refractivity contribution in [3.63, 3.8) is 0 Å². The van der Waals surface area contributed by atoms with Gasteiger partial charge < -0.3 is 9.47 Å². The first-order valence-corrected chi connectivity index (χ1v) is 10.6. The molecule has 15 heavy (non-hydrogen) atoms. The van der Waals surface area contributed by atoms with Crippen LogP contribution in [0.15, 0.2) is 0 Å². The molecule has 0 amide bonds. The maximum atomic E-state index is 5.77. The first-order valence-electron chi connectivity index (χ1n) is 5.33. The van der Waals surface area contributed by atoms with Crippen molar-refractivity contribution in [3.8, 4) is 0 Å². The average Bonchev–Trinajstić information content (AvgIpc) is 2.05. The molecule has 0 saturated carbocycles. The van der Waals surface area contributed by atoms with Crippen molar-refractivity contribution in [2.24, 2.45) is 0 Å². The Morgan fingerprint density at radius 3 is 2.53 bits per heavy atom.